The van der Waals surface area contributed by atoms with Gasteiger partial charge in [-0.2, -0.15) is 0 Å². The zero-order valence-electron chi connectivity index (χ0n) is 12.7. The van der Waals surface area contributed by atoms with Crippen molar-refractivity contribution in [3.63, 3.8) is 0 Å². The van der Waals surface area contributed by atoms with Crippen LogP contribution in [0.1, 0.15) is 33.1 Å². The van der Waals surface area contributed by atoms with Crippen LogP contribution >= 0.6 is 11.8 Å². The molecule has 2 aliphatic heterocycles. The highest BCUT2D eigenvalue weighted by atomic mass is 32.2. The van der Waals surface area contributed by atoms with Crippen molar-refractivity contribution in [1.29, 1.82) is 0 Å². The van der Waals surface area contributed by atoms with Crippen molar-refractivity contribution in [2.75, 3.05) is 18.8 Å². The summed E-state index contributed by atoms with van der Waals surface area (Å²) in [5.74, 6) is 1.18. The van der Waals surface area contributed by atoms with E-state index in [0.717, 1.165) is 13.1 Å². The van der Waals surface area contributed by atoms with Crippen molar-refractivity contribution >= 4 is 23.8 Å². The number of likely N-dealkylation sites (tertiary alicyclic amines) is 1. The fourth-order valence-electron chi connectivity index (χ4n) is 4.03. The van der Waals surface area contributed by atoms with Crippen LogP contribution in [0.15, 0.2) is 0 Å². The number of urea groups is 1. The smallest absolute Gasteiger partial charge is 0.327 e. The second kappa shape index (κ2) is 5.71. The molecular weight excluding hydrogens is 288 g/mol. The van der Waals surface area contributed by atoms with Crippen LogP contribution in [0.4, 0.5) is 4.79 Å². The van der Waals surface area contributed by atoms with Gasteiger partial charge in [-0.25, -0.2) is 9.59 Å². The zero-order valence-corrected chi connectivity index (χ0v) is 13.5. The minimum absolute atomic E-state index is 0.0148. The molecule has 21 heavy (non-hydrogen) atoms. The average Bonchev–Trinajstić information content (AvgIpc) is 3.10. The number of carbonyl (C=O) groups is 2. The first-order valence-electron chi connectivity index (χ1n) is 7.90. The zero-order chi connectivity index (χ0) is 15.1. The van der Waals surface area contributed by atoms with Crippen molar-refractivity contribution in [1.82, 2.24) is 9.80 Å². The molecule has 2 amide bonds. The first-order valence-corrected chi connectivity index (χ1v) is 8.95. The molecule has 1 aliphatic carbocycles. The lowest BCUT2D eigenvalue weighted by molar-refractivity contribution is -0.141. The third-order valence-electron chi connectivity index (χ3n) is 5.11. The lowest BCUT2D eigenvalue weighted by Crippen LogP contribution is -2.52. The molecule has 6 heteroatoms. The minimum atomic E-state index is -0.876. The topological polar surface area (TPSA) is 60.9 Å². The van der Waals surface area contributed by atoms with Crippen molar-refractivity contribution in [3.05, 3.63) is 0 Å². The number of hydrogen-bond acceptors (Lipinski definition) is 3. The summed E-state index contributed by atoms with van der Waals surface area (Å²) in [6.45, 7) is 5.76. The van der Waals surface area contributed by atoms with Gasteiger partial charge in [-0.1, -0.05) is 20.3 Å². The van der Waals surface area contributed by atoms with E-state index in [0.29, 0.717) is 17.6 Å². The number of carboxylic acid groups (broad SMARTS) is 1. The molecule has 2 heterocycles. The quantitative estimate of drug-likeness (QED) is 0.850. The summed E-state index contributed by atoms with van der Waals surface area (Å²) in [7, 11) is 0. The molecule has 118 valence electrons. The highest BCUT2D eigenvalue weighted by molar-refractivity contribution is 8.00. The molecule has 0 spiro atoms. The van der Waals surface area contributed by atoms with Gasteiger partial charge in [0.05, 0.1) is 5.37 Å². The maximum Gasteiger partial charge on any atom is 0.327 e. The summed E-state index contributed by atoms with van der Waals surface area (Å²) in [4.78, 5) is 27.9. The Hall–Kier alpha value is -0.910. The SMILES string of the molecule is CC(C)C1SCC(C(=O)O)N1C(=O)N1CC2CCCC2C1. The van der Waals surface area contributed by atoms with Gasteiger partial charge in [-0.05, 0) is 30.6 Å². The van der Waals surface area contributed by atoms with E-state index in [-0.39, 0.29) is 17.3 Å². The normalized spacial score (nSPS) is 35.6. The van der Waals surface area contributed by atoms with E-state index >= 15 is 0 Å². The van der Waals surface area contributed by atoms with Crippen LogP contribution in [0.2, 0.25) is 0 Å². The Morgan fingerprint density at radius 3 is 2.33 bits per heavy atom. The number of thioether (sulfide) groups is 1. The fourth-order valence-corrected chi connectivity index (χ4v) is 5.49. The first kappa shape index (κ1) is 15.0. The van der Waals surface area contributed by atoms with E-state index < -0.39 is 12.0 Å². The largest absolute Gasteiger partial charge is 0.480 e. The number of rotatable bonds is 2. The number of fused-ring (bicyclic) bond motifs is 1. The Balaban J connectivity index is 1.75. The first-order chi connectivity index (χ1) is 9.99. The summed E-state index contributed by atoms with van der Waals surface area (Å²) >= 11 is 1.60. The number of hydrogen-bond donors (Lipinski definition) is 1. The van der Waals surface area contributed by atoms with Crippen molar-refractivity contribution in [2.24, 2.45) is 17.8 Å². The molecule has 0 aromatic heterocycles. The lowest BCUT2D eigenvalue weighted by atomic mass is 10.0. The minimum Gasteiger partial charge on any atom is -0.480 e. The number of amides is 2. The summed E-state index contributed by atoms with van der Waals surface area (Å²) in [5.41, 5.74) is 0. The van der Waals surface area contributed by atoms with Crippen molar-refractivity contribution in [2.45, 2.75) is 44.5 Å². The molecule has 3 aliphatic rings. The molecule has 1 saturated carbocycles. The van der Waals surface area contributed by atoms with Gasteiger partial charge in [-0.3, -0.25) is 4.90 Å². The standard InChI is InChI=1S/C15H24N2O3S/c1-9(2)13-17(12(8-21-13)14(18)19)15(20)16-6-10-4-3-5-11(10)7-16/h9-13H,3-8H2,1-2H3,(H,18,19). The van der Waals surface area contributed by atoms with Crippen LogP contribution < -0.4 is 0 Å². The molecular formula is C15H24N2O3S. The molecule has 4 atom stereocenters. The highest BCUT2D eigenvalue weighted by Crippen LogP contribution is 2.40. The summed E-state index contributed by atoms with van der Waals surface area (Å²) < 4.78 is 0. The van der Waals surface area contributed by atoms with Gasteiger partial charge in [0.1, 0.15) is 6.04 Å². The molecule has 2 saturated heterocycles. The Bertz CT molecular complexity index is 431. The van der Waals surface area contributed by atoms with Crippen molar-refractivity contribution < 1.29 is 14.7 Å². The summed E-state index contributed by atoms with van der Waals surface area (Å²) in [5, 5.41) is 9.40. The van der Waals surface area contributed by atoms with E-state index in [9.17, 15) is 14.7 Å². The highest BCUT2D eigenvalue weighted by Gasteiger charge is 2.47. The van der Waals surface area contributed by atoms with Crippen LogP contribution in [0.5, 0.6) is 0 Å². The molecule has 0 radical (unpaired) electrons. The number of aliphatic carboxylic acids is 1. The Morgan fingerprint density at radius 1 is 1.19 bits per heavy atom. The molecule has 0 aromatic carbocycles. The molecule has 3 rings (SSSR count). The Kier molecular flexibility index (Phi) is 4.08. The summed E-state index contributed by atoms with van der Waals surface area (Å²) in [6, 6.07) is -0.726. The third kappa shape index (κ3) is 2.62. The molecule has 0 aromatic rings. The molecule has 3 fully saturated rings. The van der Waals surface area contributed by atoms with Gasteiger partial charge < -0.3 is 10.0 Å². The number of nitrogens with zero attached hydrogens (tertiary/aromatic N) is 2. The van der Waals surface area contributed by atoms with Gasteiger partial charge in [-0.15, -0.1) is 11.8 Å². The maximum absolute atomic E-state index is 12.9. The van der Waals surface area contributed by atoms with Crippen LogP contribution in [0.25, 0.3) is 0 Å². The van der Waals surface area contributed by atoms with E-state index in [1.807, 2.05) is 4.90 Å². The van der Waals surface area contributed by atoms with Gasteiger partial charge in [0.25, 0.3) is 0 Å². The predicted molar refractivity (Wildman–Crippen MR) is 82.1 cm³/mol. The number of carboxylic acids is 1. The van der Waals surface area contributed by atoms with Crippen molar-refractivity contribution in [3.8, 4) is 0 Å². The van der Waals surface area contributed by atoms with E-state index in [1.165, 1.54) is 19.3 Å². The number of carbonyl (C=O) groups excluding carboxylic acids is 1. The van der Waals surface area contributed by atoms with Gasteiger partial charge >= 0.3 is 12.0 Å². The fraction of sp³-hybridized carbons (Fsp3) is 0.867. The molecule has 4 unspecified atom stereocenters. The second-order valence-corrected chi connectivity index (χ2v) is 8.02. The van der Waals surface area contributed by atoms with E-state index in [4.69, 9.17) is 0 Å². The van der Waals surface area contributed by atoms with E-state index in [1.54, 1.807) is 16.7 Å². The second-order valence-electron chi connectivity index (χ2n) is 6.87. The predicted octanol–water partition coefficient (Wildman–Crippen LogP) is 2.32. The molecule has 0 bridgehead atoms. The summed E-state index contributed by atoms with van der Waals surface area (Å²) in [6.07, 6.45) is 3.72. The lowest BCUT2D eigenvalue weighted by Gasteiger charge is -2.33. The average molecular weight is 312 g/mol. The van der Waals surface area contributed by atoms with Crippen LogP contribution in [-0.4, -0.2) is 57.2 Å². The van der Waals surface area contributed by atoms with Gasteiger partial charge in [0.2, 0.25) is 0 Å². The van der Waals surface area contributed by atoms with Gasteiger partial charge in [0.15, 0.2) is 0 Å². The van der Waals surface area contributed by atoms with Gasteiger partial charge in [0, 0.05) is 18.8 Å². The van der Waals surface area contributed by atoms with Crippen LogP contribution in [-0.2, 0) is 4.79 Å². The molecule has 1 N–H and O–H groups in total. The van der Waals surface area contributed by atoms with Crippen LogP contribution in [0, 0.1) is 17.8 Å². The monoisotopic (exact) mass is 312 g/mol. The third-order valence-corrected chi connectivity index (χ3v) is 6.73. The van der Waals surface area contributed by atoms with E-state index in [2.05, 4.69) is 13.8 Å². The molecule has 5 nitrogen and oxygen atoms in total. The Morgan fingerprint density at radius 2 is 1.81 bits per heavy atom. The Labute approximate surface area is 130 Å². The van der Waals surface area contributed by atoms with Crippen LogP contribution in [0.3, 0.4) is 0 Å². The maximum atomic E-state index is 12.9.